The zero-order chi connectivity index (χ0) is 21.0. The first-order chi connectivity index (χ1) is 15.2. The SMILES string of the molecule is Cc1ccc(-c2noc(CN3CCN(Cc4nnnn4-c4ccccc4)CC3)n2)cc1. The summed E-state index contributed by atoms with van der Waals surface area (Å²) in [4.78, 5) is 9.27. The lowest BCUT2D eigenvalue weighted by Crippen LogP contribution is -2.45. The summed E-state index contributed by atoms with van der Waals surface area (Å²) >= 11 is 0. The molecule has 2 aromatic carbocycles. The van der Waals surface area contributed by atoms with Gasteiger partial charge in [-0.05, 0) is 29.5 Å². The number of para-hydroxylation sites is 1. The zero-order valence-corrected chi connectivity index (χ0v) is 17.4. The molecular formula is C22H24N8O. The van der Waals surface area contributed by atoms with E-state index >= 15 is 0 Å². The minimum atomic E-state index is 0.640. The van der Waals surface area contributed by atoms with Gasteiger partial charge in [0.15, 0.2) is 5.82 Å². The van der Waals surface area contributed by atoms with Crippen LogP contribution in [0.5, 0.6) is 0 Å². The van der Waals surface area contributed by atoms with Gasteiger partial charge in [-0.15, -0.1) is 5.10 Å². The van der Waals surface area contributed by atoms with E-state index in [1.807, 2.05) is 42.5 Å². The Morgan fingerprint density at radius 3 is 2.32 bits per heavy atom. The fourth-order valence-corrected chi connectivity index (χ4v) is 3.71. The topological polar surface area (TPSA) is 89.0 Å². The summed E-state index contributed by atoms with van der Waals surface area (Å²) in [5, 5.41) is 16.4. The molecule has 0 aliphatic carbocycles. The van der Waals surface area contributed by atoms with Crippen LogP contribution < -0.4 is 0 Å². The molecule has 2 aromatic heterocycles. The highest BCUT2D eigenvalue weighted by molar-refractivity contribution is 5.54. The average Bonchev–Trinajstić information content (AvgIpc) is 3.46. The first kappa shape index (κ1) is 19.5. The number of benzene rings is 2. The van der Waals surface area contributed by atoms with Crippen molar-refractivity contribution in [2.24, 2.45) is 0 Å². The minimum Gasteiger partial charge on any atom is -0.338 e. The van der Waals surface area contributed by atoms with Crippen molar-refractivity contribution in [1.29, 1.82) is 0 Å². The van der Waals surface area contributed by atoms with E-state index < -0.39 is 0 Å². The van der Waals surface area contributed by atoms with Crippen molar-refractivity contribution in [3.63, 3.8) is 0 Å². The third kappa shape index (κ3) is 4.52. The summed E-state index contributed by atoms with van der Waals surface area (Å²) in [6.07, 6.45) is 0. The molecule has 1 aliphatic heterocycles. The maximum Gasteiger partial charge on any atom is 0.241 e. The van der Waals surface area contributed by atoms with Crippen LogP contribution in [-0.4, -0.2) is 66.3 Å². The van der Waals surface area contributed by atoms with Gasteiger partial charge in [-0.3, -0.25) is 9.80 Å². The standard InChI is InChI=1S/C22H24N8O/c1-17-7-9-18(10-8-17)22-23-21(31-25-22)16-29-13-11-28(12-14-29)15-20-24-26-27-30(20)19-5-3-2-4-6-19/h2-10H,11-16H2,1H3. The number of hydrogen-bond donors (Lipinski definition) is 0. The third-order valence-corrected chi connectivity index (χ3v) is 5.50. The van der Waals surface area contributed by atoms with Gasteiger partial charge in [-0.1, -0.05) is 53.2 Å². The van der Waals surface area contributed by atoms with E-state index in [0.717, 1.165) is 43.3 Å². The average molecular weight is 416 g/mol. The van der Waals surface area contributed by atoms with E-state index in [0.29, 0.717) is 24.8 Å². The van der Waals surface area contributed by atoms with Crippen molar-refractivity contribution in [1.82, 2.24) is 40.1 Å². The molecule has 31 heavy (non-hydrogen) atoms. The molecule has 0 spiro atoms. The van der Waals surface area contributed by atoms with E-state index in [1.54, 1.807) is 4.68 Å². The highest BCUT2D eigenvalue weighted by Crippen LogP contribution is 2.18. The summed E-state index contributed by atoms with van der Waals surface area (Å²) in [5.74, 6) is 2.14. The smallest absolute Gasteiger partial charge is 0.241 e. The first-order valence-electron chi connectivity index (χ1n) is 10.4. The lowest BCUT2D eigenvalue weighted by molar-refractivity contribution is 0.110. The molecule has 0 radical (unpaired) electrons. The van der Waals surface area contributed by atoms with Crippen LogP contribution in [0.15, 0.2) is 59.1 Å². The molecule has 0 atom stereocenters. The molecule has 3 heterocycles. The number of aryl methyl sites for hydroxylation is 1. The predicted octanol–water partition coefficient (Wildman–Crippen LogP) is 2.34. The number of aromatic nitrogens is 6. The van der Waals surface area contributed by atoms with Crippen LogP contribution in [0.1, 0.15) is 17.3 Å². The Bertz CT molecular complexity index is 1110. The van der Waals surface area contributed by atoms with E-state index in [2.05, 4.69) is 54.5 Å². The van der Waals surface area contributed by atoms with E-state index in [4.69, 9.17) is 4.52 Å². The minimum absolute atomic E-state index is 0.640. The van der Waals surface area contributed by atoms with E-state index in [-0.39, 0.29) is 0 Å². The van der Waals surface area contributed by atoms with E-state index in [1.165, 1.54) is 5.56 Å². The summed E-state index contributed by atoms with van der Waals surface area (Å²) in [6, 6.07) is 18.1. The van der Waals surface area contributed by atoms with Crippen molar-refractivity contribution in [3.05, 3.63) is 71.9 Å². The molecule has 5 rings (SSSR count). The molecule has 0 amide bonds. The molecule has 1 aliphatic rings. The summed E-state index contributed by atoms with van der Waals surface area (Å²) in [5.41, 5.74) is 3.16. The van der Waals surface area contributed by atoms with Crippen molar-refractivity contribution in [3.8, 4) is 17.1 Å². The Hall–Kier alpha value is -3.43. The van der Waals surface area contributed by atoms with Crippen molar-refractivity contribution < 1.29 is 4.52 Å². The number of piperazine rings is 1. The summed E-state index contributed by atoms with van der Waals surface area (Å²) in [6.45, 7) is 7.15. The van der Waals surface area contributed by atoms with Crippen molar-refractivity contribution >= 4 is 0 Å². The van der Waals surface area contributed by atoms with Crippen LogP contribution in [-0.2, 0) is 13.1 Å². The predicted molar refractivity (Wildman–Crippen MR) is 114 cm³/mol. The van der Waals surface area contributed by atoms with Gasteiger partial charge >= 0.3 is 0 Å². The lowest BCUT2D eigenvalue weighted by Gasteiger charge is -2.33. The van der Waals surface area contributed by atoms with Gasteiger partial charge in [-0.2, -0.15) is 9.67 Å². The summed E-state index contributed by atoms with van der Waals surface area (Å²) < 4.78 is 7.29. The Kier molecular flexibility index (Phi) is 5.51. The molecule has 4 aromatic rings. The number of nitrogens with zero attached hydrogens (tertiary/aromatic N) is 8. The first-order valence-corrected chi connectivity index (χ1v) is 10.4. The van der Waals surface area contributed by atoms with Crippen LogP contribution >= 0.6 is 0 Å². The largest absolute Gasteiger partial charge is 0.338 e. The second-order valence-corrected chi connectivity index (χ2v) is 7.77. The molecular weight excluding hydrogens is 392 g/mol. The van der Waals surface area contributed by atoms with Crippen LogP contribution in [0.2, 0.25) is 0 Å². The van der Waals surface area contributed by atoms with Gasteiger partial charge in [0.2, 0.25) is 11.7 Å². The Morgan fingerprint density at radius 1 is 0.871 bits per heavy atom. The second kappa shape index (κ2) is 8.75. The fraction of sp³-hybridized carbons (Fsp3) is 0.318. The van der Waals surface area contributed by atoms with Gasteiger partial charge in [0.25, 0.3) is 0 Å². The number of hydrogen-bond acceptors (Lipinski definition) is 8. The monoisotopic (exact) mass is 416 g/mol. The fourth-order valence-electron chi connectivity index (χ4n) is 3.71. The zero-order valence-electron chi connectivity index (χ0n) is 17.4. The molecule has 0 saturated carbocycles. The lowest BCUT2D eigenvalue weighted by atomic mass is 10.1. The molecule has 9 nitrogen and oxygen atoms in total. The highest BCUT2D eigenvalue weighted by atomic mass is 16.5. The summed E-state index contributed by atoms with van der Waals surface area (Å²) in [7, 11) is 0. The van der Waals surface area contributed by atoms with Crippen molar-refractivity contribution in [2.75, 3.05) is 26.2 Å². The molecule has 0 bridgehead atoms. The van der Waals surface area contributed by atoms with Crippen LogP contribution in [0, 0.1) is 6.92 Å². The van der Waals surface area contributed by atoms with Gasteiger partial charge < -0.3 is 4.52 Å². The Labute approximate surface area is 180 Å². The molecule has 1 fully saturated rings. The third-order valence-electron chi connectivity index (χ3n) is 5.50. The Morgan fingerprint density at radius 2 is 1.58 bits per heavy atom. The number of tetrazole rings is 1. The quantitative estimate of drug-likeness (QED) is 0.473. The normalized spacial score (nSPS) is 15.4. The van der Waals surface area contributed by atoms with Crippen molar-refractivity contribution in [2.45, 2.75) is 20.0 Å². The maximum absolute atomic E-state index is 5.48. The maximum atomic E-state index is 5.48. The highest BCUT2D eigenvalue weighted by Gasteiger charge is 2.21. The molecule has 158 valence electrons. The van der Waals surface area contributed by atoms with Gasteiger partial charge in [0, 0.05) is 31.7 Å². The van der Waals surface area contributed by atoms with Gasteiger partial charge in [0.05, 0.1) is 18.8 Å². The molecule has 0 unspecified atom stereocenters. The van der Waals surface area contributed by atoms with Gasteiger partial charge in [-0.25, -0.2) is 0 Å². The van der Waals surface area contributed by atoms with Crippen LogP contribution in [0.25, 0.3) is 17.1 Å². The van der Waals surface area contributed by atoms with E-state index in [9.17, 15) is 0 Å². The van der Waals surface area contributed by atoms with Crippen LogP contribution in [0.3, 0.4) is 0 Å². The van der Waals surface area contributed by atoms with Crippen LogP contribution in [0.4, 0.5) is 0 Å². The second-order valence-electron chi connectivity index (χ2n) is 7.77. The molecule has 9 heteroatoms. The molecule has 1 saturated heterocycles. The Balaban J connectivity index is 1.16. The van der Waals surface area contributed by atoms with Gasteiger partial charge in [0.1, 0.15) is 0 Å². The number of rotatable bonds is 6. The molecule has 0 N–H and O–H groups in total.